The number of hydrogen-bond acceptors (Lipinski definition) is 3. The molecule has 0 aliphatic carbocycles. The second-order valence-corrected chi connectivity index (χ2v) is 5.35. The van der Waals surface area contributed by atoms with E-state index < -0.39 is 10.0 Å². The number of aryl methyl sites for hydroxylation is 1. The number of primary sulfonamides is 1. The van der Waals surface area contributed by atoms with Crippen LogP contribution in [0.2, 0.25) is 0 Å². The first-order valence-corrected chi connectivity index (χ1v) is 6.45. The lowest BCUT2D eigenvalue weighted by atomic mass is 10.1. The van der Waals surface area contributed by atoms with Crippen molar-refractivity contribution < 1.29 is 8.42 Å². The van der Waals surface area contributed by atoms with Crippen LogP contribution in [0.4, 0.5) is 0 Å². The molecule has 0 saturated carbocycles. The van der Waals surface area contributed by atoms with Gasteiger partial charge in [-0.25, -0.2) is 18.5 Å². The molecule has 2 N–H and O–H groups in total. The molecule has 1 atom stereocenters. The summed E-state index contributed by atoms with van der Waals surface area (Å²) in [4.78, 5) is 3.92. The minimum absolute atomic E-state index is 0.0525. The molecule has 0 amide bonds. The molecule has 0 spiro atoms. The topological polar surface area (TPSA) is 78.0 Å². The van der Waals surface area contributed by atoms with E-state index >= 15 is 0 Å². The fourth-order valence-electron chi connectivity index (χ4n) is 1.27. The van der Waals surface area contributed by atoms with E-state index in [1.807, 2.05) is 4.57 Å². The van der Waals surface area contributed by atoms with Crippen molar-refractivity contribution in [2.45, 2.75) is 38.8 Å². The van der Waals surface area contributed by atoms with Gasteiger partial charge in [-0.1, -0.05) is 20.3 Å². The summed E-state index contributed by atoms with van der Waals surface area (Å²) in [6.07, 6.45) is 2.54. The van der Waals surface area contributed by atoms with Gasteiger partial charge in [0.1, 0.15) is 5.82 Å². The Balaban J connectivity index is 2.97. The minimum atomic E-state index is -3.68. The second-order valence-electron chi connectivity index (χ2n) is 3.84. The van der Waals surface area contributed by atoms with Gasteiger partial charge in [-0.15, -0.1) is 0 Å². The molecule has 1 aromatic rings. The molecule has 0 radical (unpaired) electrons. The Morgan fingerprint density at radius 2 is 2.20 bits per heavy atom. The minimum Gasteiger partial charge on any atom is -0.333 e. The Bertz CT molecular complexity index is 436. The maximum atomic E-state index is 11.1. The van der Waals surface area contributed by atoms with Crippen molar-refractivity contribution >= 4 is 10.0 Å². The zero-order valence-corrected chi connectivity index (χ0v) is 10.1. The van der Waals surface area contributed by atoms with Gasteiger partial charge in [-0.2, -0.15) is 0 Å². The molecule has 1 aromatic heterocycles. The SMILES string of the molecule is CCC(C)Cn1cc(S(N)(=O)=O)nc1C. The van der Waals surface area contributed by atoms with Crippen molar-refractivity contribution in [2.75, 3.05) is 0 Å². The maximum absolute atomic E-state index is 11.1. The highest BCUT2D eigenvalue weighted by Crippen LogP contribution is 2.11. The molecule has 0 aromatic carbocycles. The highest BCUT2D eigenvalue weighted by molar-refractivity contribution is 7.89. The molecule has 0 bridgehead atoms. The summed E-state index contributed by atoms with van der Waals surface area (Å²) in [5.74, 6) is 1.17. The normalized spacial score (nSPS) is 14.1. The predicted octanol–water partition coefficient (Wildman–Crippen LogP) is 0.885. The first-order chi connectivity index (χ1) is 6.84. The van der Waals surface area contributed by atoms with Crippen LogP contribution in [-0.4, -0.2) is 18.0 Å². The van der Waals surface area contributed by atoms with E-state index in [1.165, 1.54) is 6.20 Å². The molecule has 1 rings (SSSR count). The molecule has 86 valence electrons. The number of imidazole rings is 1. The van der Waals surface area contributed by atoms with Gasteiger partial charge in [0.05, 0.1) is 0 Å². The van der Waals surface area contributed by atoms with E-state index in [2.05, 4.69) is 18.8 Å². The predicted molar refractivity (Wildman–Crippen MR) is 57.8 cm³/mol. The summed E-state index contributed by atoms with van der Waals surface area (Å²) in [5.41, 5.74) is 0. The van der Waals surface area contributed by atoms with Gasteiger partial charge < -0.3 is 4.57 Å². The van der Waals surface area contributed by atoms with E-state index in [-0.39, 0.29) is 5.03 Å². The van der Waals surface area contributed by atoms with Gasteiger partial charge in [0.15, 0.2) is 5.03 Å². The summed E-state index contributed by atoms with van der Waals surface area (Å²) in [5, 5.41) is 4.95. The van der Waals surface area contributed by atoms with E-state index in [0.29, 0.717) is 11.7 Å². The van der Waals surface area contributed by atoms with Gasteiger partial charge in [0.2, 0.25) is 0 Å². The fraction of sp³-hybridized carbons (Fsp3) is 0.667. The van der Waals surface area contributed by atoms with E-state index in [0.717, 1.165) is 13.0 Å². The lowest BCUT2D eigenvalue weighted by molar-refractivity contribution is 0.462. The van der Waals surface area contributed by atoms with Crippen molar-refractivity contribution in [3.05, 3.63) is 12.0 Å². The Labute approximate surface area is 90.4 Å². The monoisotopic (exact) mass is 231 g/mol. The summed E-state index contributed by atoms with van der Waals surface area (Å²) in [6.45, 7) is 6.75. The van der Waals surface area contributed by atoms with Gasteiger partial charge in [-0.05, 0) is 12.8 Å². The number of sulfonamides is 1. The first kappa shape index (κ1) is 12.2. The second kappa shape index (κ2) is 4.32. The van der Waals surface area contributed by atoms with Crippen LogP contribution in [0.5, 0.6) is 0 Å². The van der Waals surface area contributed by atoms with Crippen molar-refractivity contribution in [1.82, 2.24) is 9.55 Å². The van der Waals surface area contributed by atoms with Crippen LogP contribution in [0, 0.1) is 12.8 Å². The van der Waals surface area contributed by atoms with E-state index in [4.69, 9.17) is 5.14 Å². The number of hydrogen-bond donors (Lipinski definition) is 1. The highest BCUT2D eigenvalue weighted by atomic mass is 32.2. The van der Waals surface area contributed by atoms with Crippen LogP contribution in [0.15, 0.2) is 11.2 Å². The third-order valence-corrected chi connectivity index (χ3v) is 3.23. The Kier molecular flexibility index (Phi) is 3.51. The standard InChI is InChI=1S/C9H17N3O2S/c1-4-7(2)5-12-6-9(11-8(12)3)15(10,13)14/h6-7H,4-5H2,1-3H3,(H2,10,13,14). The van der Waals surface area contributed by atoms with Crippen LogP contribution >= 0.6 is 0 Å². The van der Waals surface area contributed by atoms with E-state index in [1.54, 1.807) is 6.92 Å². The average Bonchev–Trinajstić information content (AvgIpc) is 2.47. The van der Waals surface area contributed by atoms with Crippen LogP contribution in [0.25, 0.3) is 0 Å². The molecule has 6 heteroatoms. The van der Waals surface area contributed by atoms with Crippen molar-refractivity contribution in [3.8, 4) is 0 Å². The summed E-state index contributed by atoms with van der Waals surface area (Å²) >= 11 is 0. The lowest BCUT2D eigenvalue weighted by Gasteiger charge is -2.09. The third-order valence-electron chi connectivity index (χ3n) is 2.45. The van der Waals surface area contributed by atoms with Crippen LogP contribution in [-0.2, 0) is 16.6 Å². The number of rotatable bonds is 4. The molecule has 5 nitrogen and oxygen atoms in total. The summed E-state index contributed by atoms with van der Waals surface area (Å²) in [6, 6.07) is 0. The van der Waals surface area contributed by atoms with E-state index in [9.17, 15) is 8.42 Å². The molecular weight excluding hydrogens is 214 g/mol. The number of nitrogens with two attached hydrogens (primary N) is 1. The molecule has 0 fully saturated rings. The lowest BCUT2D eigenvalue weighted by Crippen LogP contribution is -2.12. The molecule has 15 heavy (non-hydrogen) atoms. The molecule has 0 aliphatic rings. The zero-order valence-electron chi connectivity index (χ0n) is 9.27. The third kappa shape index (κ3) is 3.04. The quantitative estimate of drug-likeness (QED) is 0.835. The van der Waals surface area contributed by atoms with Crippen LogP contribution < -0.4 is 5.14 Å². The van der Waals surface area contributed by atoms with Gasteiger partial charge >= 0.3 is 0 Å². The van der Waals surface area contributed by atoms with Crippen LogP contribution in [0.3, 0.4) is 0 Å². The largest absolute Gasteiger partial charge is 0.333 e. The maximum Gasteiger partial charge on any atom is 0.257 e. The molecule has 1 heterocycles. The molecular formula is C9H17N3O2S. The first-order valence-electron chi connectivity index (χ1n) is 4.91. The summed E-state index contributed by atoms with van der Waals surface area (Å²) < 4.78 is 23.9. The fourth-order valence-corrected chi connectivity index (χ4v) is 1.80. The van der Waals surface area contributed by atoms with Gasteiger partial charge in [0.25, 0.3) is 10.0 Å². The Hall–Kier alpha value is -0.880. The van der Waals surface area contributed by atoms with Gasteiger partial charge in [-0.3, -0.25) is 0 Å². The Morgan fingerprint density at radius 1 is 1.60 bits per heavy atom. The van der Waals surface area contributed by atoms with Crippen molar-refractivity contribution in [1.29, 1.82) is 0 Å². The smallest absolute Gasteiger partial charge is 0.257 e. The molecule has 0 aliphatic heterocycles. The number of aromatic nitrogens is 2. The zero-order chi connectivity index (χ0) is 11.6. The van der Waals surface area contributed by atoms with Crippen molar-refractivity contribution in [3.63, 3.8) is 0 Å². The average molecular weight is 231 g/mol. The number of nitrogens with zero attached hydrogens (tertiary/aromatic N) is 2. The van der Waals surface area contributed by atoms with Crippen LogP contribution in [0.1, 0.15) is 26.1 Å². The van der Waals surface area contributed by atoms with Crippen molar-refractivity contribution in [2.24, 2.45) is 11.1 Å². The Morgan fingerprint density at radius 3 is 2.60 bits per heavy atom. The summed E-state index contributed by atoms with van der Waals surface area (Å²) in [7, 11) is -3.68. The molecule has 1 unspecified atom stereocenters. The van der Waals surface area contributed by atoms with Gasteiger partial charge in [0, 0.05) is 12.7 Å². The molecule has 0 saturated heterocycles. The highest BCUT2D eigenvalue weighted by Gasteiger charge is 2.14.